The highest BCUT2D eigenvalue weighted by Crippen LogP contribution is 2.36. The van der Waals surface area contributed by atoms with Crippen molar-refractivity contribution in [3.8, 4) is 5.69 Å². The molecular formula is C20H27FN4. The Balaban J connectivity index is 1.61. The molecule has 0 bridgehead atoms. The Morgan fingerprint density at radius 1 is 1.24 bits per heavy atom. The third kappa shape index (κ3) is 3.35. The van der Waals surface area contributed by atoms with E-state index >= 15 is 0 Å². The molecule has 5 heteroatoms. The van der Waals surface area contributed by atoms with Crippen molar-refractivity contribution in [3.05, 3.63) is 47.0 Å². The first kappa shape index (κ1) is 16.7. The number of hydrogen-bond donors (Lipinski definition) is 1. The first-order valence-electron chi connectivity index (χ1n) is 9.30. The van der Waals surface area contributed by atoms with Crippen LogP contribution in [0.3, 0.4) is 0 Å². The number of rotatable bonds is 3. The zero-order chi connectivity index (χ0) is 17.4. The van der Waals surface area contributed by atoms with E-state index in [9.17, 15) is 4.39 Å². The Morgan fingerprint density at radius 2 is 2.12 bits per heavy atom. The second kappa shape index (κ2) is 6.54. The summed E-state index contributed by atoms with van der Waals surface area (Å²) >= 11 is 0. The predicted octanol–water partition coefficient (Wildman–Crippen LogP) is 3.20. The van der Waals surface area contributed by atoms with Crippen LogP contribution in [-0.4, -0.2) is 40.9 Å². The summed E-state index contributed by atoms with van der Waals surface area (Å²) in [6.07, 6.45) is 3.80. The van der Waals surface area contributed by atoms with Gasteiger partial charge in [0.05, 0.1) is 11.4 Å². The Kier molecular flexibility index (Phi) is 4.38. The fraction of sp³-hybridized carbons (Fsp3) is 0.550. The largest absolute Gasteiger partial charge is 0.316 e. The maximum Gasteiger partial charge on any atom is 0.123 e. The lowest BCUT2D eigenvalue weighted by Gasteiger charge is -2.40. The van der Waals surface area contributed by atoms with Crippen LogP contribution in [0.4, 0.5) is 4.39 Å². The number of benzene rings is 1. The van der Waals surface area contributed by atoms with Gasteiger partial charge in [0.1, 0.15) is 5.82 Å². The van der Waals surface area contributed by atoms with E-state index in [1.54, 1.807) is 6.07 Å². The smallest absolute Gasteiger partial charge is 0.123 e. The SMILES string of the molecule is Cc1cc(C)n(-c2ccc(F)cc2CN2CCC[C@@]3(CCNC3)C2)n1. The third-order valence-corrected chi connectivity index (χ3v) is 5.75. The molecule has 2 aromatic rings. The minimum absolute atomic E-state index is 0.172. The van der Waals surface area contributed by atoms with Crippen molar-refractivity contribution in [2.45, 2.75) is 39.7 Å². The summed E-state index contributed by atoms with van der Waals surface area (Å²) in [7, 11) is 0. The van der Waals surface area contributed by atoms with Crippen molar-refractivity contribution in [1.82, 2.24) is 20.0 Å². The van der Waals surface area contributed by atoms with Crippen LogP contribution in [0.25, 0.3) is 5.69 Å². The monoisotopic (exact) mass is 342 g/mol. The molecule has 2 saturated heterocycles. The van der Waals surface area contributed by atoms with Crippen molar-refractivity contribution < 1.29 is 4.39 Å². The molecule has 1 aromatic carbocycles. The molecule has 1 atom stereocenters. The van der Waals surface area contributed by atoms with Gasteiger partial charge >= 0.3 is 0 Å². The second-order valence-electron chi connectivity index (χ2n) is 7.85. The highest BCUT2D eigenvalue weighted by molar-refractivity contribution is 5.42. The van der Waals surface area contributed by atoms with E-state index in [1.165, 1.54) is 25.3 Å². The molecule has 0 aliphatic carbocycles. The van der Waals surface area contributed by atoms with Gasteiger partial charge in [-0.1, -0.05) is 0 Å². The number of hydrogen-bond acceptors (Lipinski definition) is 3. The lowest BCUT2D eigenvalue weighted by molar-refractivity contribution is 0.0977. The van der Waals surface area contributed by atoms with Crippen molar-refractivity contribution in [2.75, 3.05) is 26.2 Å². The molecular weight excluding hydrogens is 315 g/mol. The maximum atomic E-state index is 14.0. The molecule has 4 rings (SSSR count). The summed E-state index contributed by atoms with van der Waals surface area (Å²) in [5.74, 6) is -0.172. The summed E-state index contributed by atoms with van der Waals surface area (Å²) in [6.45, 7) is 9.28. The highest BCUT2D eigenvalue weighted by Gasteiger charge is 2.37. The minimum Gasteiger partial charge on any atom is -0.316 e. The van der Waals surface area contributed by atoms with Gasteiger partial charge in [0.25, 0.3) is 0 Å². The molecule has 0 saturated carbocycles. The highest BCUT2D eigenvalue weighted by atomic mass is 19.1. The number of nitrogens with one attached hydrogen (secondary N) is 1. The van der Waals surface area contributed by atoms with Gasteiger partial charge in [-0.25, -0.2) is 9.07 Å². The van der Waals surface area contributed by atoms with Crippen LogP contribution in [0.15, 0.2) is 24.3 Å². The van der Waals surface area contributed by atoms with Gasteiger partial charge in [-0.05, 0) is 81.4 Å². The van der Waals surface area contributed by atoms with E-state index in [-0.39, 0.29) is 5.82 Å². The Morgan fingerprint density at radius 3 is 2.84 bits per heavy atom. The van der Waals surface area contributed by atoms with Crippen molar-refractivity contribution in [1.29, 1.82) is 0 Å². The third-order valence-electron chi connectivity index (χ3n) is 5.75. The van der Waals surface area contributed by atoms with E-state index in [1.807, 2.05) is 24.6 Å². The van der Waals surface area contributed by atoms with Crippen LogP contribution < -0.4 is 5.32 Å². The van der Waals surface area contributed by atoms with E-state index < -0.39 is 0 Å². The van der Waals surface area contributed by atoms with Crippen LogP contribution in [-0.2, 0) is 6.54 Å². The van der Waals surface area contributed by atoms with E-state index in [4.69, 9.17) is 0 Å². The van der Waals surface area contributed by atoms with Crippen LogP contribution in [0.5, 0.6) is 0 Å². The molecule has 1 N–H and O–H groups in total. The van der Waals surface area contributed by atoms with Gasteiger partial charge in [0.15, 0.2) is 0 Å². The zero-order valence-electron chi connectivity index (χ0n) is 15.2. The summed E-state index contributed by atoms with van der Waals surface area (Å²) in [6, 6.07) is 7.14. The molecule has 2 aliphatic heterocycles. The number of piperidine rings is 1. The molecule has 1 aromatic heterocycles. The van der Waals surface area contributed by atoms with Crippen molar-refractivity contribution in [2.24, 2.45) is 5.41 Å². The quantitative estimate of drug-likeness (QED) is 0.930. The maximum absolute atomic E-state index is 14.0. The molecule has 3 heterocycles. The number of halogens is 1. The Labute approximate surface area is 149 Å². The summed E-state index contributed by atoms with van der Waals surface area (Å²) in [5, 5.41) is 8.12. The summed E-state index contributed by atoms with van der Waals surface area (Å²) in [4.78, 5) is 2.50. The lowest BCUT2D eigenvalue weighted by atomic mass is 9.79. The second-order valence-corrected chi connectivity index (χ2v) is 7.85. The summed E-state index contributed by atoms with van der Waals surface area (Å²) < 4.78 is 15.9. The van der Waals surface area contributed by atoms with Crippen LogP contribution in [0.1, 0.15) is 36.2 Å². The van der Waals surface area contributed by atoms with Gasteiger partial charge < -0.3 is 5.32 Å². The molecule has 4 nitrogen and oxygen atoms in total. The molecule has 2 fully saturated rings. The molecule has 0 amide bonds. The standard InChI is InChI=1S/C20H27FN4/c1-15-10-16(2)25(23-15)19-5-4-18(21)11-17(19)12-24-9-3-6-20(14-24)7-8-22-13-20/h4-5,10-11,22H,3,6-9,12-14H2,1-2H3/t20-/m0/s1. The molecule has 134 valence electrons. The Bertz CT molecular complexity index is 761. The lowest BCUT2D eigenvalue weighted by Crippen LogP contribution is -2.44. The van der Waals surface area contributed by atoms with E-state index in [2.05, 4.69) is 21.4 Å². The van der Waals surface area contributed by atoms with Gasteiger partial charge in [-0.2, -0.15) is 5.10 Å². The average Bonchev–Trinajstić information content (AvgIpc) is 3.14. The van der Waals surface area contributed by atoms with Gasteiger partial charge in [0, 0.05) is 25.3 Å². The summed E-state index contributed by atoms with van der Waals surface area (Å²) in [5.41, 5.74) is 4.51. The number of aromatic nitrogens is 2. The van der Waals surface area contributed by atoms with Gasteiger partial charge in [-0.3, -0.25) is 4.90 Å². The van der Waals surface area contributed by atoms with Gasteiger partial charge in [-0.15, -0.1) is 0 Å². The van der Waals surface area contributed by atoms with Gasteiger partial charge in [0.2, 0.25) is 0 Å². The number of aryl methyl sites for hydroxylation is 2. The van der Waals surface area contributed by atoms with Crippen molar-refractivity contribution >= 4 is 0 Å². The predicted molar refractivity (Wildman–Crippen MR) is 97.4 cm³/mol. The van der Waals surface area contributed by atoms with Crippen LogP contribution >= 0.6 is 0 Å². The zero-order valence-corrected chi connectivity index (χ0v) is 15.2. The molecule has 1 spiro atoms. The first-order valence-corrected chi connectivity index (χ1v) is 9.30. The molecule has 2 aliphatic rings. The van der Waals surface area contributed by atoms with E-state index in [0.29, 0.717) is 5.41 Å². The van der Waals surface area contributed by atoms with E-state index in [0.717, 1.165) is 55.4 Å². The topological polar surface area (TPSA) is 33.1 Å². The first-order chi connectivity index (χ1) is 12.0. The molecule has 0 unspecified atom stereocenters. The minimum atomic E-state index is -0.172. The Hall–Kier alpha value is -1.72. The van der Waals surface area contributed by atoms with Crippen LogP contribution in [0.2, 0.25) is 0 Å². The average molecular weight is 342 g/mol. The molecule has 0 radical (unpaired) electrons. The fourth-order valence-electron chi connectivity index (χ4n) is 4.59. The molecule has 25 heavy (non-hydrogen) atoms. The fourth-order valence-corrected chi connectivity index (χ4v) is 4.59. The number of nitrogens with zero attached hydrogens (tertiary/aromatic N) is 3. The van der Waals surface area contributed by atoms with Crippen molar-refractivity contribution in [3.63, 3.8) is 0 Å². The number of likely N-dealkylation sites (tertiary alicyclic amines) is 1. The normalized spacial score (nSPS) is 24.3. The van der Waals surface area contributed by atoms with Crippen LogP contribution in [0, 0.1) is 25.1 Å².